The minimum Gasteiger partial charge on any atom is -0.506 e. The van der Waals surface area contributed by atoms with Gasteiger partial charge in [-0.1, -0.05) is 6.07 Å². The molecule has 0 aliphatic rings. The highest BCUT2D eigenvalue weighted by Gasteiger charge is 2.08. The van der Waals surface area contributed by atoms with Gasteiger partial charge in [0.25, 0.3) is 5.91 Å². The van der Waals surface area contributed by atoms with Crippen LogP contribution in [0.5, 0.6) is 5.75 Å². The predicted octanol–water partition coefficient (Wildman–Crippen LogP) is 1.62. The van der Waals surface area contributed by atoms with Crippen LogP contribution in [0.4, 0.5) is 5.69 Å². The fraction of sp³-hybridized carbons (Fsp3) is 0. The zero-order valence-corrected chi connectivity index (χ0v) is 10.8. The van der Waals surface area contributed by atoms with Crippen molar-refractivity contribution in [3.05, 3.63) is 60.9 Å². The van der Waals surface area contributed by atoms with E-state index in [1.165, 1.54) is 18.5 Å². The highest BCUT2D eigenvalue weighted by atomic mass is 16.3. The SMILES string of the molecule is O=C(Nc1cccc(-n2cnnc2)c1)c1cncc(O)c1. The van der Waals surface area contributed by atoms with Crippen molar-refractivity contribution in [1.82, 2.24) is 19.7 Å². The summed E-state index contributed by atoms with van der Waals surface area (Å²) in [7, 11) is 0. The van der Waals surface area contributed by atoms with Gasteiger partial charge in [0, 0.05) is 11.9 Å². The number of amides is 1. The molecule has 0 bridgehead atoms. The molecule has 1 amide bonds. The first-order valence-electron chi connectivity index (χ1n) is 6.13. The molecule has 0 radical (unpaired) electrons. The van der Waals surface area contributed by atoms with E-state index in [0.29, 0.717) is 5.69 Å². The number of carbonyl (C=O) groups excluding carboxylic acids is 1. The number of nitrogens with zero attached hydrogens (tertiary/aromatic N) is 4. The second-order valence-electron chi connectivity index (χ2n) is 4.31. The van der Waals surface area contributed by atoms with Crippen molar-refractivity contribution in [2.45, 2.75) is 0 Å². The van der Waals surface area contributed by atoms with E-state index in [1.54, 1.807) is 29.4 Å². The monoisotopic (exact) mass is 281 g/mol. The van der Waals surface area contributed by atoms with E-state index in [9.17, 15) is 9.90 Å². The Bertz CT molecular complexity index is 771. The lowest BCUT2D eigenvalue weighted by atomic mass is 10.2. The molecule has 0 aliphatic carbocycles. The van der Waals surface area contributed by atoms with E-state index in [1.807, 2.05) is 12.1 Å². The van der Waals surface area contributed by atoms with Crippen LogP contribution in [0.15, 0.2) is 55.4 Å². The van der Waals surface area contributed by atoms with Gasteiger partial charge in [-0.15, -0.1) is 10.2 Å². The van der Waals surface area contributed by atoms with Gasteiger partial charge in [-0.25, -0.2) is 0 Å². The standard InChI is InChI=1S/C14H11N5O2/c20-13-4-10(6-15-7-13)14(21)18-11-2-1-3-12(5-11)19-8-16-17-9-19/h1-9,20H,(H,18,21). The smallest absolute Gasteiger partial charge is 0.257 e. The van der Waals surface area contributed by atoms with Crippen molar-refractivity contribution in [3.63, 3.8) is 0 Å². The Morgan fingerprint density at radius 3 is 2.71 bits per heavy atom. The molecule has 1 aromatic carbocycles. The minimum atomic E-state index is -0.348. The average molecular weight is 281 g/mol. The lowest BCUT2D eigenvalue weighted by Gasteiger charge is -2.07. The molecular weight excluding hydrogens is 270 g/mol. The first-order valence-corrected chi connectivity index (χ1v) is 6.13. The zero-order chi connectivity index (χ0) is 14.7. The molecule has 7 heteroatoms. The van der Waals surface area contributed by atoms with Gasteiger partial charge in [0.15, 0.2) is 0 Å². The molecule has 0 unspecified atom stereocenters. The number of hydrogen-bond donors (Lipinski definition) is 2. The molecule has 2 heterocycles. The number of rotatable bonds is 3. The summed E-state index contributed by atoms with van der Waals surface area (Å²) in [4.78, 5) is 15.8. The van der Waals surface area contributed by atoms with Gasteiger partial charge < -0.3 is 10.4 Å². The quantitative estimate of drug-likeness (QED) is 0.761. The summed E-state index contributed by atoms with van der Waals surface area (Å²) in [5.41, 5.74) is 1.73. The van der Waals surface area contributed by atoms with Gasteiger partial charge in [-0.05, 0) is 24.3 Å². The molecule has 0 spiro atoms. The Labute approximate surface area is 119 Å². The second-order valence-corrected chi connectivity index (χ2v) is 4.31. The van der Waals surface area contributed by atoms with Crippen molar-refractivity contribution in [2.75, 3.05) is 5.32 Å². The lowest BCUT2D eigenvalue weighted by molar-refractivity contribution is 0.102. The molecule has 0 atom stereocenters. The molecule has 2 N–H and O–H groups in total. The minimum absolute atomic E-state index is 0.0547. The summed E-state index contributed by atoms with van der Waals surface area (Å²) in [6, 6.07) is 8.59. The number of pyridine rings is 1. The first kappa shape index (κ1) is 12.8. The third kappa shape index (κ3) is 2.86. The number of aromatic nitrogens is 4. The van der Waals surface area contributed by atoms with Crippen LogP contribution in [0.2, 0.25) is 0 Å². The highest BCUT2D eigenvalue weighted by Crippen LogP contribution is 2.16. The van der Waals surface area contributed by atoms with Crippen LogP contribution in [0, 0.1) is 0 Å². The van der Waals surface area contributed by atoms with Crippen LogP contribution in [-0.4, -0.2) is 30.8 Å². The Morgan fingerprint density at radius 1 is 1.14 bits per heavy atom. The number of nitrogens with one attached hydrogen (secondary N) is 1. The van der Waals surface area contributed by atoms with Crippen LogP contribution >= 0.6 is 0 Å². The molecule has 104 valence electrons. The maximum Gasteiger partial charge on any atom is 0.257 e. The number of anilines is 1. The molecule has 21 heavy (non-hydrogen) atoms. The van der Waals surface area contributed by atoms with Gasteiger partial charge in [0.2, 0.25) is 0 Å². The Kier molecular flexibility index (Phi) is 3.30. The number of benzene rings is 1. The first-order chi connectivity index (χ1) is 10.2. The summed E-state index contributed by atoms with van der Waals surface area (Å²) < 4.78 is 1.73. The van der Waals surface area contributed by atoms with E-state index in [4.69, 9.17) is 0 Å². The van der Waals surface area contributed by atoms with E-state index in [0.717, 1.165) is 5.69 Å². The molecule has 0 saturated carbocycles. The molecule has 7 nitrogen and oxygen atoms in total. The molecule has 0 fully saturated rings. The topological polar surface area (TPSA) is 92.9 Å². The normalized spacial score (nSPS) is 10.3. The van der Waals surface area contributed by atoms with E-state index in [-0.39, 0.29) is 17.2 Å². The number of hydrogen-bond acceptors (Lipinski definition) is 5. The predicted molar refractivity (Wildman–Crippen MR) is 75.2 cm³/mol. The fourth-order valence-electron chi connectivity index (χ4n) is 1.83. The van der Waals surface area contributed by atoms with Crippen molar-refractivity contribution in [2.24, 2.45) is 0 Å². The molecule has 0 aliphatic heterocycles. The highest BCUT2D eigenvalue weighted by molar-refractivity contribution is 6.04. The van der Waals surface area contributed by atoms with Crippen LogP contribution in [0.1, 0.15) is 10.4 Å². The Balaban J connectivity index is 1.82. The number of aromatic hydroxyl groups is 1. The maximum atomic E-state index is 12.1. The maximum absolute atomic E-state index is 12.1. The van der Waals surface area contributed by atoms with E-state index in [2.05, 4.69) is 20.5 Å². The largest absolute Gasteiger partial charge is 0.506 e. The van der Waals surface area contributed by atoms with Crippen molar-refractivity contribution in [1.29, 1.82) is 0 Å². The third-order valence-electron chi connectivity index (χ3n) is 2.81. The molecule has 3 rings (SSSR count). The molecule has 0 saturated heterocycles. The molecule has 2 aromatic heterocycles. The van der Waals surface area contributed by atoms with Crippen LogP contribution in [-0.2, 0) is 0 Å². The zero-order valence-electron chi connectivity index (χ0n) is 10.8. The van der Waals surface area contributed by atoms with Crippen LogP contribution in [0.25, 0.3) is 5.69 Å². The summed E-state index contributed by atoms with van der Waals surface area (Å²) in [6.45, 7) is 0. The van der Waals surface area contributed by atoms with Gasteiger partial charge in [0.1, 0.15) is 18.4 Å². The third-order valence-corrected chi connectivity index (χ3v) is 2.81. The number of carbonyl (C=O) groups is 1. The Morgan fingerprint density at radius 2 is 1.95 bits per heavy atom. The van der Waals surface area contributed by atoms with Gasteiger partial charge in [0.05, 0.1) is 17.4 Å². The van der Waals surface area contributed by atoms with Crippen molar-refractivity contribution < 1.29 is 9.90 Å². The summed E-state index contributed by atoms with van der Waals surface area (Å²) in [5, 5.41) is 19.6. The Hall–Kier alpha value is -3.22. The molecular formula is C14H11N5O2. The van der Waals surface area contributed by atoms with Gasteiger partial charge >= 0.3 is 0 Å². The summed E-state index contributed by atoms with van der Waals surface area (Å²) >= 11 is 0. The van der Waals surface area contributed by atoms with Gasteiger partial charge in [-0.3, -0.25) is 14.3 Å². The van der Waals surface area contributed by atoms with Crippen molar-refractivity contribution >= 4 is 11.6 Å². The van der Waals surface area contributed by atoms with Crippen LogP contribution in [0.3, 0.4) is 0 Å². The average Bonchev–Trinajstić information content (AvgIpc) is 3.02. The summed E-state index contributed by atoms with van der Waals surface area (Å²) in [5.74, 6) is -0.403. The molecule has 3 aromatic rings. The van der Waals surface area contributed by atoms with Crippen molar-refractivity contribution in [3.8, 4) is 11.4 Å². The second kappa shape index (κ2) is 5.41. The fourth-order valence-corrected chi connectivity index (χ4v) is 1.83. The lowest BCUT2D eigenvalue weighted by Crippen LogP contribution is -2.12. The summed E-state index contributed by atoms with van der Waals surface area (Å²) in [6.07, 6.45) is 5.79. The van der Waals surface area contributed by atoms with Gasteiger partial charge in [-0.2, -0.15) is 0 Å². The van der Waals surface area contributed by atoms with E-state index >= 15 is 0 Å². The van der Waals surface area contributed by atoms with Crippen LogP contribution < -0.4 is 5.32 Å². The van der Waals surface area contributed by atoms with E-state index < -0.39 is 0 Å².